The molecular formula is C25H34N4O4S. The van der Waals surface area contributed by atoms with Gasteiger partial charge in [-0.2, -0.15) is 4.31 Å². The molecule has 8 nitrogen and oxygen atoms in total. The van der Waals surface area contributed by atoms with Crippen LogP contribution in [0.15, 0.2) is 41.4 Å². The Morgan fingerprint density at radius 3 is 2.41 bits per heavy atom. The molecule has 2 fully saturated rings. The minimum atomic E-state index is -3.73. The van der Waals surface area contributed by atoms with Gasteiger partial charge in [0.2, 0.25) is 15.9 Å². The molecule has 3 heterocycles. The molecule has 2 aromatic rings. The fourth-order valence-corrected chi connectivity index (χ4v) is 6.31. The lowest BCUT2D eigenvalue weighted by atomic mass is 9.97. The highest BCUT2D eigenvalue weighted by molar-refractivity contribution is 7.89. The van der Waals surface area contributed by atoms with Crippen molar-refractivity contribution in [3.05, 3.63) is 47.8 Å². The maximum absolute atomic E-state index is 13.3. The summed E-state index contributed by atoms with van der Waals surface area (Å²) >= 11 is 0. The third-order valence-electron chi connectivity index (χ3n) is 6.91. The number of sulfonamides is 1. The lowest BCUT2D eigenvalue weighted by molar-refractivity contribution is -0.120. The van der Waals surface area contributed by atoms with Gasteiger partial charge in [-0.1, -0.05) is 19.1 Å². The second-order valence-corrected chi connectivity index (χ2v) is 11.2. The van der Waals surface area contributed by atoms with Gasteiger partial charge in [-0.25, -0.2) is 8.42 Å². The highest BCUT2D eigenvalue weighted by Crippen LogP contribution is 2.27. The smallest absolute Gasteiger partial charge is 0.270 e. The summed E-state index contributed by atoms with van der Waals surface area (Å²) in [6.07, 6.45) is 6.42. The van der Waals surface area contributed by atoms with Crippen molar-refractivity contribution in [3.63, 3.8) is 0 Å². The summed E-state index contributed by atoms with van der Waals surface area (Å²) in [5.74, 6) is -0.422. The van der Waals surface area contributed by atoms with E-state index in [4.69, 9.17) is 0 Å². The Kier molecular flexibility index (Phi) is 7.42. The van der Waals surface area contributed by atoms with Gasteiger partial charge in [0.25, 0.3) is 5.91 Å². The zero-order valence-electron chi connectivity index (χ0n) is 20.0. The number of carbonyl (C=O) groups excluding carboxylic acids is 2. The van der Waals surface area contributed by atoms with Crippen molar-refractivity contribution < 1.29 is 18.0 Å². The van der Waals surface area contributed by atoms with Crippen molar-refractivity contribution in [2.45, 2.75) is 50.3 Å². The second kappa shape index (κ2) is 10.3. The molecule has 9 heteroatoms. The van der Waals surface area contributed by atoms with E-state index in [0.29, 0.717) is 31.6 Å². The number of aromatic nitrogens is 1. The first-order valence-electron chi connectivity index (χ1n) is 12.1. The summed E-state index contributed by atoms with van der Waals surface area (Å²) in [5.41, 5.74) is 2.32. The molecule has 1 aromatic heterocycles. The molecule has 1 N–H and O–H groups in total. The van der Waals surface area contributed by atoms with Crippen LogP contribution in [-0.2, 0) is 28.3 Å². The second-order valence-electron chi connectivity index (χ2n) is 9.25. The van der Waals surface area contributed by atoms with Crippen molar-refractivity contribution in [1.29, 1.82) is 0 Å². The van der Waals surface area contributed by atoms with Crippen LogP contribution in [0.3, 0.4) is 0 Å². The number of anilines is 1. The lowest BCUT2D eigenvalue weighted by Crippen LogP contribution is -2.41. The molecule has 2 saturated heterocycles. The molecule has 0 radical (unpaired) electrons. The third kappa shape index (κ3) is 5.20. The maximum Gasteiger partial charge on any atom is 0.270 e. The van der Waals surface area contributed by atoms with Gasteiger partial charge < -0.3 is 14.8 Å². The quantitative estimate of drug-likeness (QED) is 0.679. The summed E-state index contributed by atoms with van der Waals surface area (Å²) < 4.78 is 29.6. The molecule has 34 heavy (non-hydrogen) atoms. The van der Waals surface area contributed by atoms with Gasteiger partial charge in [0.05, 0.1) is 0 Å². The minimum absolute atomic E-state index is 0.0700. The van der Waals surface area contributed by atoms with Crippen LogP contribution in [0.5, 0.6) is 0 Å². The van der Waals surface area contributed by atoms with Gasteiger partial charge in [-0.3, -0.25) is 9.59 Å². The largest absolute Gasteiger partial charge is 0.345 e. The van der Waals surface area contributed by atoms with E-state index in [1.54, 1.807) is 16.5 Å². The molecule has 1 aromatic carbocycles. The maximum atomic E-state index is 13.3. The lowest BCUT2D eigenvalue weighted by Gasteiger charge is -2.30. The molecule has 0 unspecified atom stereocenters. The average molecular weight is 487 g/mol. The number of carbonyl (C=O) groups is 2. The summed E-state index contributed by atoms with van der Waals surface area (Å²) in [7, 11) is -2.03. The monoisotopic (exact) mass is 486 g/mol. The highest BCUT2D eigenvalue weighted by Gasteiger charge is 2.34. The fourth-order valence-electron chi connectivity index (χ4n) is 4.77. The van der Waals surface area contributed by atoms with Crippen LogP contribution in [0.4, 0.5) is 5.69 Å². The van der Waals surface area contributed by atoms with Gasteiger partial charge in [0.15, 0.2) is 0 Å². The van der Waals surface area contributed by atoms with Crippen LogP contribution >= 0.6 is 0 Å². The number of aryl methyl sites for hydroxylation is 2. The molecule has 0 atom stereocenters. The van der Waals surface area contributed by atoms with Gasteiger partial charge in [0.1, 0.15) is 10.6 Å². The minimum Gasteiger partial charge on any atom is -0.345 e. The Labute approximate surface area is 202 Å². The number of rotatable bonds is 6. The summed E-state index contributed by atoms with van der Waals surface area (Å²) in [6, 6.07) is 9.28. The first-order valence-corrected chi connectivity index (χ1v) is 13.6. The first kappa shape index (κ1) is 24.5. The van der Waals surface area contributed by atoms with E-state index in [1.165, 1.54) is 16.6 Å². The van der Waals surface area contributed by atoms with Crippen molar-refractivity contribution in [2.75, 3.05) is 31.5 Å². The van der Waals surface area contributed by atoms with Crippen LogP contribution in [0.2, 0.25) is 0 Å². The van der Waals surface area contributed by atoms with Crippen LogP contribution in [0, 0.1) is 5.92 Å². The van der Waals surface area contributed by atoms with Gasteiger partial charge in [0, 0.05) is 51.0 Å². The van der Waals surface area contributed by atoms with Crippen LogP contribution in [-0.4, -0.2) is 60.2 Å². The zero-order chi connectivity index (χ0) is 24.3. The van der Waals surface area contributed by atoms with E-state index in [-0.39, 0.29) is 35.7 Å². The van der Waals surface area contributed by atoms with E-state index in [9.17, 15) is 18.0 Å². The molecule has 0 aliphatic carbocycles. The van der Waals surface area contributed by atoms with Crippen LogP contribution in [0.25, 0.3) is 0 Å². The molecule has 184 valence electrons. The third-order valence-corrected chi connectivity index (χ3v) is 8.77. The molecule has 0 saturated carbocycles. The van der Waals surface area contributed by atoms with Gasteiger partial charge >= 0.3 is 0 Å². The molecule has 0 spiro atoms. The highest BCUT2D eigenvalue weighted by atomic mass is 32.2. The summed E-state index contributed by atoms with van der Waals surface area (Å²) in [4.78, 5) is 27.6. The van der Waals surface area contributed by atoms with Crippen molar-refractivity contribution >= 4 is 27.5 Å². The predicted octanol–water partition coefficient (Wildman–Crippen LogP) is 3.25. The standard InChI is InChI=1S/C25H34N4O4S/c1-3-19-8-7-9-21(16-19)26-24(30)20-10-14-29(15-11-20)34(32,33)22-17-23(27(2)18-22)25(31)28-12-5-4-6-13-28/h7-9,16-18,20H,3-6,10-15H2,1-2H3,(H,26,30). The Morgan fingerprint density at radius 1 is 1.03 bits per heavy atom. The number of piperidine rings is 2. The molecule has 2 aliphatic heterocycles. The Hall–Kier alpha value is -2.65. The van der Waals surface area contributed by atoms with Gasteiger partial charge in [-0.05, 0) is 62.3 Å². The number of hydrogen-bond donors (Lipinski definition) is 1. The van der Waals surface area contributed by atoms with Crippen molar-refractivity contribution in [2.24, 2.45) is 13.0 Å². The summed E-state index contributed by atoms with van der Waals surface area (Å²) in [5, 5.41) is 2.97. The number of amides is 2. The Morgan fingerprint density at radius 2 is 1.74 bits per heavy atom. The van der Waals surface area contributed by atoms with E-state index >= 15 is 0 Å². The van der Waals surface area contributed by atoms with E-state index in [1.807, 2.05) is 24.3 Å². The van der Waals surface area contributed by atoms with Crippen LogP contribution in [0.1, 0.15) is 55.1 Å². The fraction of sp³-hybridized carbons (Fsp3) is 0.520. The molecule has 4 rings (SSSR count). The number of benzene rings is 1. The SMILES string of the molecule is CCc1cccc(NC(=O)C2CCN(S(=O)(=O)c3cc(C(=O)N4CCCCC4)n(C)c3)CC2)c1. The number of hydrogen-bond acceptors (Lipinski definition) is 4. The number of likely N-dealkylation sites (tertiary alicyclic amines) is 1. The topological polar surface area (TPSA) is 91.7 Å². The van der Waals surface area contributed by atoms with Crippen molar-refractivity contribution in [1.82, 2.24) is 13.8 Å². The molecule has 2 aliphatic rings. The normalized spacial score (nSPS) is 18.1. The van der Waals surface area contributed by atoms with Gasteiger partial charge in [-0.15, -0.1) is 0 Å². The van der Waals surface area contributed by atoms with Crippen LogP contribution < -0.4 is 5.32 Å². The number of nitrogens with zero attached hydrogens (tertiary/aromatic N) is 3. The molecule has 0 bridgehead atoms. The molecular weight excluding hydrogens is 452 g/mol. The number of nitrogens with one attached hydrogen (secondary N) is 1. The van der Waals surface area contributed by atoms with E-state index in [0.717, 1.165) is 36.9 Å². The Balaban J connectivity index is 1.39. The van der Waals surface area contributed by atoms with Crippen molar-refractivity contribution in [3.8, 4) is 0 Å². The molecule has 2 amide bonds. The van der Waals surface area contributed by atoms with E-state index in [2.05, 4.69) is 12.2 Å². The van der Waals surface area contributed by atoms with E-state index < -0.39 is 10.0 Å². The average Bonchev–Trinajstić information content (AvgIpc) is 3.26. The Bertz CT molecular complexity index is 1140. The first-order chi connectivity index (χ1) is 16.3. The predicted molar refractivity (Wildman–Crippen MR) is 131 cm³/mol. The summed E-state index contributed by atoms with van der Waals surface area (Å²) in [6.45, 7) is 4.05. The zero-order valence-corrected chi connectivity index (χ0v) is 20.8.